The number of carbonyl (C=O) groups excluding carboxylic acids is 4. The molecule has 1 aromatic rings. The highest BCUT2D eigenvalue weighted by molar-refractivity contribution is 6.53. The number of hydrogen-bond donors (Lipinski definition) is 2. The van der Waals surface area contributed by atoms with Gasteiger partial charge in [0, 0.05) is 19.5 Å². The van der Waals surface area contributed by atoms with E-state index in [0.717, 1.165) is 9.80 Å². The van der Waals surface area contributed by atoms with Crippen molar-refractivity contribution in [3.05, 3.63) is 41.5 Å². The largest absolute Gasteiger partial charge is 0.508 e. The van der Waals surface area contributed by atoms with Crippen LogP contribution in [0, 0.1) is 17.8 Å². The molecule has 2 aliphatic heterocycles. The summed E-state index contributed by atoms with van der Waals surface area (Å²) in [6.45, 7) is -0.241. The number of nitrogens with zero attached hydrogens (tertiary/aromatic N) is 2. The van der Waals surface area contributed by atoms with Gasteiger partial charge in [-0.25, -0.2) is 0 Å². The molecule has 6 atom stereocenters. The fraction of sp³-hybridized carbons (Fsp3) is 0.458. The Labute approximate surface area is 210 Å². The van der Waals surface area contributed by atoms with Gasteiger partial charge in [0.05, 0.1) is 18.3 Å². The number of rotatable bonds is 4. The zero-order valence-corrected chi connectivity index (χ0v) is 20.1. The van der Waals surface area contributed by atoms with Gasteiger partial charge >= 0.3 is 5.97 Å². The maximum atomic E-state index is 13.4. The van der Waals surface area contributed by atoms with E-state index in [0.29, 0.717) is 11.1 Å². The lowest BCUT2D eigenvalue weighted by Crippen LogP contribution is -2.60. The van der Waals surface area contributed by atoms with Crippen LogP contribution in [0.15, 0.2) is 35.9 Å². The molecule has 9 nitrogen and oxygen atoms in total. The second kappa shape index (κ2) is 7.80. The number of allylic oxidation sites excluding steroid dienone is 2. The standard InChI is InChI=1S/C24H22Cl2N2O7/c1-27-21(34)23(25)10-15-13(18(24(23,26)22(27)35)11-2-4-12(29)5-3-11)6-7-14-17(15)20(33)28(19(14)32)9-8-16(30)31/h2-6,14-15,17-18,29H,7-10H2,1H3,(H,30,31)/t14-,15+,17-,18-,23+,24-/m0/s1. The number of aromatic hydroxyl groups is 1. The van der Waals surface area contributed by atoms with E-state index in [1.165, 1.54) is 19.2 Å². The van der Waals surface area contributed by atoms with Crippen molar-refractivity contribution >= 4 is 52.8 Å². The van der Waals surface area contributed by atoms with Crippen molar-refractivity contribution in [1.82, 2.24) is 9.80 Å². The van der Waals surface area contributed by atoms with Gasteiger partial charge in [-0.2, -0.15) is 0 Å². The second-order valence-electron chi connectivity index (χ2n) is 9.56. The number of phenols is 1. The highest BCUT2D eigenvalue weighted by Crippen LogP contribution is 2.65. The molecule has 4 aliphatic rings. The van der Waals surface area contributed by atoms with Gasteiger partial charge in [-0.1, -0.05) is 23.8 Å². The Morgan fingerprint density at radius 2 is 1.71 bits per heavy atom. The summed E-state index contributed by atoms with van der Waals surface area (Å²) >= 11 is 14.0. The van der Waals surface area contributed by atoms with Gasteiger partial charge in [-0.05, 0) is 36.5 Å². The lowest BCUT2D eigenvalue weighted by Gasteiger charge is -2.50. The Bertz CT molecular complexity index is 1210. The molecule has 2 aliphatic carbocycles. The quantitative estimate of drug-likeness (QED) is 0.351. The summed E-state index contributed by atoms with van der Waals surface area (Å²) in [6.07, 6.45) is 1.51. The topological polar surface area (TPSA) is 132 Å². The summed E-state index contributed by atoms with van der Waals surface area (Å²) in [5.41, 5.74) is 1.18. The third-order valence-electron chi connectivity index (χ3n) is 7.88. The van der Waals surface area contributed by atoms with Crippen molar-refractivity contribution in [2.45, 2.75) is 34.9 Å². The summed E-state index contributed by atoms with van der Waals surface area (Å²) in [4.78, 5) is 62.3. The number of aliphatic carboxylic acids is 1. The Balaban J connectivity index is 1.64. The molecule has 184 valence electrons. The number of halogens is 2. The number of carbonyl (C=O) groups is 5. The Kier molecular flexibility index (Phi) is 5.30. The third-order valence-corrected chi connectivity index (χ3v) is 9.29. The number of fused-ring (bicyclic) bond motifs is 4. The van der Waals surface area contributed by atoms with Crippen LogP contribution in [0.4, 0.5) is 0 Å². The van der Waals surface area contributed by atoms with Crippen molar-refractivity contribution < 1.29 is 34.2 Å². The minimum atomic E-state index is -1.87. The predicted molar refractivity (Wildman–Crippen MR) is 123 cm³/mol. The molecule has 0 bridgehead atoms. The second-order valence-corrected chi connectivity index (χ2v) is 10.8. The van der Waals surface area contributed by atoms with E-state index in [1.807, 2.05) is 0 Å². The van der Waals surface area contributed by atoms with Gasteiger partial charge < -0.3 is 10.2 Å². The van der Waals surface area contributed by atoms with Crippen molar-refractivity contribution in [3.8, 4) is 5.75 Å². The van der Waals surface area contributed by atoms with Crippen molar-refractivity contribution in [2.24, 2.45) is 17.8 Å². The minimum Gasteiger partial charge on any atom is -0.508 e. The molecule has 4 amide bonds. The molecule has 0 aromatic heterocycles. The van der Waals surface area contributed by atoms with E-state index in [-0.39, 0.29) is 31.6 Å². The van der Waals surface area contributed by atoms with Crippen LogP contribution in [-0.4, -0.2) is 73.0 Å². The van der Waals surface area contributed by atoms with Gasteiger partial charge in [0.2, 0.25) is 11.8 Å². The summed E-state index contributed by atoms with van der Waals surface area (Å²) in [6, 6.07) is 6.05. The van der Waals surface area contributed by atoms with Crippen LogP contribution in [0.2, 0.25) is 0 Å². The van der Waals surface area contributed by atoms with Crippen LogP contribution in [-0.2, 0) is 24.0 Å². The van der Waals surface area contributed by atoms with E-state index in [9.17, 15) is 29.1 Å². The lowest BCUT2D eigenvalue weighted by atomic mass is 9.56. The lowest BCUT2D eigenvalue weighted by molar-refractivity contribution is -0.143. The molecule has 2 N–H and O–H groups in total. The van der Waals surface area contributed by atoms with Crippen LogP contribution >= 0.6 is 23.2 Å². The van der Waals surface area contributed by atoms with E-state index in [2.05, 4.69) is 0 Å². The number of carboxylic acid groups (broad SMARTS) is 1. The molecule has 11 heteroatoms. The molecule has 5 rings (SSSR count). The number of imide groups is 2. The first-order valence-corrected chi connectivity index (χ1v) is 12.0. The van der Waals surface area contributed by atoms with Gasteiger partial charge in [0.1, 0.15) is 5.75 Å². The highest BCUT2D eigenvalue weighted by atomic mass is 35.5. The smallest absolute Gasteiger partial charge is 0.305 e. The number of hydrogen-bond acceptors (Lipinski definition) is 6. The number of phenolic OH excluding ortho intramolecular Hbond substituents is 1. The van der Waals surface area contributed by atoms with Crippen molar-refractivity contribution in [2.75, 3.05) is 13.6 Å². The molecule has 1 aromatic carbocycles. The van der Waals surface area contributed by atoms with Crippen molar-refractivity contribution in [3.63, 3.8) is 0 Å². The Morgan fingerprint density at radius 3 is 2.34 bits per heavy atom. The van der Waals surface area contributed by atoms with Crippen LogP contribution in [0.5, 0.6) is 5.75 Å². The van der Waals surface area contributed by atoms with Crippen LogP contribution in [0.1, 0.15) is 30.7 Å². The number of benzene rings is 1. The summed E-state index contributed by atoms with van der Waals surface area (Å²) < 4.78 is 0. The first kappa shape index (κ1) is 23.8. The highest BCUT2D eigenvalue weighted by Gasteiger charge is 2.75. The maximum Gasteiger partial charge on any atom is 0.305 e. The van der Waals surface area contributed by atoms with Crippen LogP contribution in [0.25, 0.3) is 0 Å². The first-order chi connectivity index (χ1) is 16.4. The summed E-state index contributed by atoms with van der Waals surface area (Å²) in [5, 5.41) is 18.8. The molecule has 3 fully saturated rings. The molecule has 2 heterocycles. The third kappa shape index (κ3) is 3.04. The van der Waals surface area contributed by atoms with Crippen LogP contribution < -0.4 is 0 Å². The minimum absolute atomic E-state index is 0.00357. The number of amides is 4. The maximum absolute atomic E-state index is 13.4. The fourth-order valence-corrected chi connectivity index (χ4v) is 7.30. The Morgan fingerprint density at radius 1 is 1.06 bits per heavy atom. The average Bonchev–Trinajstić information content (AvgIpc) is 3.13. The Hall–Kier alpha value is -2.91. The van der Waals surface area contributed by atoms with E-state index >= 15 is 0 Å². The monoisotopic (exact) mass is 520 g/mol. The summed E-state index contributed by atoms with van der Waals surface area (Å²) in [5.74, 6) is -6.53. The number of likely N-dealkylation sites (tertiary alicyclic amines) is 2. The zero-order chi connectivity index (χ0) is 25.4. The van der Waals surface area contributed by atoms with E-state index < -0.39 is 63.0 Å². The number of carboxylic acids is 1. The van der Waals surface area contributed by atoms with Gasteiger partial charge in [-0.15, -0.1) is 23.2 Å². The normalized spacial score (nSPS) is 36.1. The molecule has 0 spiro atoms. The van der Waals surface area contributed by atoms with Crippen LogP contribution in [0.3, 0.4) is 0 Å². The predicted octanol–water partition coefficient (Wildman–Crippen LogP) is 1.86. The molecule has 35 heavy (non-hydrogen) atoms. The molecular weight excluding hydrogens is 499 g/mol. The first-order valence-electron chi connectivity index (χ1n) is 11.2. The zero-order valence-electron chi connectivity index (χ0n) is 18.6. The summed E-state index contributed by atoms with van der Waals surface area (Å²) in [7, 11) is 1.31. The SMILES string of the molecule is CN1C(=O)[C@]2(Cl)C[C@@H]3C(=CC[C@@H]4C(=O)N(CCC(=O)O)C(=O)[C@@H]43)[C@H](c3ccc(O)cc3)[C@]2(Cl)C1=O. The van der Waals surface area contributed by atoms with Crippen molar-refractivity contribution in [1.29, 1.82) is 0 Å². The average molecular weight is 521 g/mol. The number of alkyl halides is 2. The fourth-order valence-electron chi connectivity index (χ4n) is 6.28. The van der Waals surface area contributed by atoms with E-state index in [1.54, 1.807) is 18.2 Å². The van der Waals surface area contributed by atoms with Gasteiger partial charge in [0.25, 0.3) is 11.8 Å². The van der Waals surface area contributed by atoms with E-state index in [4.69, 9.17) is 28.3 Å². The van der Waals surface area contributed by atoms with Gasteiger partial charge in [0.15, 0.2) is 9.75 Å². The molecule has 1 saturated carbocycles. The molecular formula is C24H22Cl2N2O7. The van der Waals surface area contributed by atoms with Gasteiger partial charge in [-0.3, -0.25) is 33.8 Å². The molecule has 2 saturated heterocycles. The molecule has 0 unspecified atom stereocenters. The molecule has 0 radical (unpaired) electrons.